The maximum atomic E-state index is 6.46. The number of methoxy groups -OCH3 is 1. The van der Waals surface area contributed by atoms with Crippen molar-refractivity contribution in [1.29, 1.82) is 0 Å². The second-order valence-corrected chi connectivity index (χ2v) is 7.15. The zero-order valence-corrected chi connectivity index (χ0v) is 17.5. The fourth-order valence-electron chi connectivity index (χ4n) is 3.70. The zero-order chi connectivity index (χ0) is 19.9. The number of benzene rings is 2. The van der Waals surface area contributed by atoms with Gasteiger partial charge in [0, 0.05) is 32.8 Å². The summed E-state index contributed by atoms with van der Waals surface area (Å²) in [5.74, 6) is 1.90. The van der Waals surface area contributed by atoms with E-state index >= 15 is 0 Å². The Morgan fingerprint density at radius 3 is 2.25 bits per heavy atom. The van der Waals surface area contributed by atoms with Gasteiger partial charge in [-0.1, -0.05) is 30.3 Å². The molecule has 0 amide bonds. The third-order valence-corrected chi connectivity index (χ3v) is 5.27. The van der Waals surface area contributed by atoms with Crippen LogP contribution in [0.3, 0.4) is 0 Å². The predicted octanol–water partition coefficient (Wildman–Crippen LogP) is 3.88. The van der Waals surface area contributed by atoms with Crippen molar-refractivity contribution in [3.8, 4) is 11.5 Å². The van der Waals surface area contributed by atoms with E-state index in [1.807, 2.05) is 19.1 Å². The van der Waals surface area contributed by atoms with E-state index in [-0.39, 0.29) is 6.23 Å². The molecular weight excluding hydrogens is 352 g/mol. The summed E-state index contributed by atoms with van der Waals surface area (Å²) in [6.07, 6.45) is -0.0837. The van der Waals surface area contributed by atoms with Crippen LogP contribution < -0.4 is 14.4 Å². The molecule has 0 saturated carbocycles. The summed E-state index contributed by atoms with van der Waals surface area (Å²) in [6.45, 7) is 11.2. The van der Waals surface area contributed by atoms with E-state index in [2.05, 4.69) is 54.0 Å². The largest absolute Gasteiger partial charge is 0.495 e. The molecule has 5 heteroatoms. The van der Waals surface area contributed by atoms with E-state index in [1.54, 1.807) is 7.11 Å². The van der Waals surface area contributed by atoms with Crippen LogP contribution in [0, 0.1) is 13.8 Å². The number of piperazine rings is 1. The van der Waals surface area contributed by atoms with Crippen LogP contribution in [-0.4, -0.2) is 57.6 Å². The van der Waals surface area contributed by atoms with Crippen LogP contribution in [0.5, 0.6) is 11.5 Å². The van der Waals surface area contributed by atoms with Gasteiger partial charge >= 0.3 is 0 Å². The summed E-state index contributed by atoms with van der Waals surface area (Å²) >= 11 is 0. The van der Waals surface area contributed by atoms with Crippen molar-refractivity contribution in [1.82, 2.24) is 4.90 Å². The quantitative estimate of drug-likeness (QED) is 0.690. The Kier molecular flexibility index (Phi) is 7.18. The molecule has 3 rings (SSSR count). The first-order valence-electron chi connectivity index (χ1n) is 10.1. The molecule has 0 bridgehead atoms. The van der Waals surface area contributed by atoms with Crippen LogP contribution in [-0.2, 0) is 4.74 Å². The van der Waals surface area contributed by atoms with Crippen molar-refractivity contribution >= 4 is 5.69 Å². The SMILES string of the molecule is CCOCC(Oc1c(C)cccc1C)N1CCN(c2ccccc2OC)CC1. The highest BCUT2D eigenvalue weighted by atomic mass is 16.5. The minimum atomic E-state index is -0.0837. The molecule has 1 aliphatic heterocycles. The predicted molar refractivity (Wildman–Crippen MR) is 114 cm³/mol. The van der Waals surface area contributed by atoms with Gasteiger partial charge in [-0.3, -0.25) is 4.90 Å². The molecule has 1 heterocycles. The maximum Gasteiger partial charge on any atom is 0.176 e. The van der Waals surface area contributed by atoms with Crippen molar-refractivity contribution in [2.24, 2.45) is 0 Å². The van der Waals surface area contributed by atoms with E-state index in [4.69, 9.17) is 14.2 Å². The molecule has 0 aliphatic carbocycles. The van der Waals surface area contributed by atoms with Gasteiger partial charge in [-0.15, -0.1) is 0 Å². The van der Waals surface area contributed by atoms with Crippen molar-refractivity contribution < 1.29 is 14.2 Å². The third-order valence-electron chi connectivity index (χ3n) is 5.27. The maximum absolute atomic E-state index is 6.46. The highest BCUT2D eigenvalue weighted by Crippen LogP contribution is 2.29. The van der Waals surface area contributed by atoms with Gasteiger partial charge in [0.1, 0.15) is 11.5 Å². The molecular formula is C23H32N2O3. The Balaban J connectivity index is 1.69. The van der Waals surface area contributed by atoms with Crippen LogP contribution in [0.2, 0.25) is 0 Å². The number of nitrogens with zero attached hydrogens (tertiary/aromatic N) is 2. The van der Waals surface area contributed by atoms with E-state index in [9.17, 15) is 0 Å². The first kappa shape index (κ1) is 20.5. The van der Waals surface area contributed by atoms with Crippen molar-refractivity contribution in [2.75, 3.05) is 51.4 Å². The van der Waals surface area contributed by atoms with E-state index < -0.39 is 0 Å². The molecule has 2 aromatic carbocycles. The number of ether oxygens (including phenoxy) is 3. The number of aryl methyl sites for hydroxylation is 2. The number of hydrogen-bond donors (Lipinski definition) is 0. The van der Waals surface area contributed by atoms with E-state index in [0.717, 1.165) is 54.5 Å². The fourth-order valence-corrected chi connectivity index (χ4v) is 3.70. The lowest BCUT2D eigenvalue weighted by molar-refractivity contribution is -0.0424. The summed E-state index contributed by atoms with van der Waals surface area (Å²) in [5.41, 5.74) is 3.48. The molecule has 152 valence electrons. The second kappa shape index (κ2) is 9.80. The number of anilines is 1. The molecule has 1 unspecified atom stereocenters. The number of hydrogen-bond acceptors (Lipinski definition) is 5. The van der Waals surface area contributed by atoms with Gasteiger partial charge in [-0.05, 0) is 44.0 Å². The molecule has 0 radical (unpaired) electrons. The Morgan fingerprint density at radius 1 is 0.929 bits per heavy atom. The lowest BCUT2D eigenvalue weighted by Crippen LogP contribution is -2.53. The minimum absolute atomic E-state index is 0.0837. The first-order chi connectivity index (χ1) is 13.6. The number of para-hydroxylation sites is 3. The molecule has 0 spiro atoms. The van der Waals surface area contributed by atoms with Crippen molar-refractivity contribution in [2.45, 2.75) is 27.0 Å². The van der Waals surface area contributed by atoms with Gasteiger partial charge < -0.3 is 19.1 Å². The lowest BCUT2D eigenvalue weighted by Gasteiger charge is -2.40. The van der Waals surface area contributed by atoms with Crippen LogP contribution in [0.15, 0.2) is 42.5 Å². The molecule has 28 heavy (non-hydrogen) atoms. The smallest absolute Gasteiger partial charge is 0.176 e. The Bertz CT molecular complexity index is 737. The van der Waals surface area contributed by atoms with Gasteiger partial charge in [0.25, 0.3) is 0 Å². The minimum Gasteiger partial charge on any atom is -0.495 e. The van der Waals surface area contributed by atoms with Gasteiger partial charge in [-0.2, -0.15) is 0 Å². The molecule has 1 fully saturated rings. The van der Waals surface area contributed by atoms with Crippen LogP contribution >= 0.6 is 0 Å². The third kappa shape index (κ3) is 4.78. The molecule has 1 saturated heterocycles. The summed E-state index contributed by atoms with van der Waals surface area (Å²) in [7, 11) is 1.73. The van der Waals surface area contributed by atoms with Crippen LogP contribution in [0.4, 0.5) is 5.69 Å². The van der Waals surface area contributed by atoms with E-state index in [1.165, 1.54) is 0 Å². The first-order valence-corrected chi connectivity index (χ1v) is 10.1. The highest BCUT2D eigenvalue weighted by molar-refractivity contribution is 5.58. The average Bonchev–Trinajstić information content (AvgIpc) is 2.73. The summed E-state index contributed by atoms with van der Waals surface area (Å²) in [6, 6.07) is 14.5. The van der Waals surface area contributed by atoms with Crippen LogP contribution in [0.25, 0.3) is 0 Å². The summed E-state index contributed by atoms with van der Waals surface area (Å²) in [5, 5.41) is 0. The fraction of sp³-hybridized carbons (Fsp3) is 0.478. The normalized spacial score (nSPS) is 16.1. The van der Waals surface area contributed by atoms with Gasteiger partial charge in [0.2, 0.25) is 0 Å². The van der Waals surface area contributed by atoms with Crippen LogP contribution in [0.1, 0.15) is 18.1 Å². The topological polar surface area (TPSA) is 34.2 Å². The molecule has 0 N–H and O–H groups in total. The van der Waals surface area contributed by atoms with Gasteiger partial charge in [0.05, 0.1) is 19.4 Å². The molecule has 5 nitrogen and oxygen atoms in total. The summed E-state index contributed by atoms with van der Waals surface area (Å²) in [4.78, 5) is 4.76. The second-order valence-electron chi connectivity index (χ2n) is 7.15. The van der Waals surface area contributed by atoms with Gasteiger partial charge in [0.15, 0.2) is 6.23 Å². The van der Waals surface area contributed by atoms with Gasteiger partial charge in [-0.25, -0.2) is 0 Å². The average molecular weight is 385 g/mol. The molecule has 0 aromatic heterocycles. The summed E-state index contributed by atoms with van der Waals surface area (Å²) < 4.78 is 17.7. The van der Waals surface area contributed by atoms with Crippen molar-refractivity contribution in [3.05, 3.63) is 53.6 Å². The van der Waals surface area contributed by atoms with Crippen molar-refractivity contribution in [3.63, 3.8) is 0 Å². The standard InChI is InChI=1S/C23H32N2O3/c1-5-27-17-22(28-23-18(2)9-8-10-19(23)3)25-15-13-24(14-16-25)20-11-6-7-12-21(20)26-4/h6-12,22H,5,13-17H2,1-4H3. The highest BCUT2D eigenvalue weighted by Gasteiger charge is 2.27. The Labute approximate surface area is 168 Å². The number of rotatable bonds is 8. The monoisotopic (exact) mass is 384 g/mol. The lowest BCUT2D eigenvalue weighted by atomic mass is 10.1. The molecule has 1 aliphatic rings. The Hall–Kier alpha value is -2.24. The Morgan fingerprint density at radius 2 is 1.61 bits per heavy atom. The molecule has 2 aromatic rings. The molecule has 1 atom stereocenters. The van der Waals surface area contributed by atoms with E-state index in [0.29, 0.717) is 13.2 Å². The zero-order valence-electron chi connectivity index (χ0n) is 17.5.